The Bertz CT molecular complexity index is 3100. The van der Waals surface area contributed by atoms with Gasteiger partial charge in [-0.1, -0.05) is 56.0 Å². The summed E-state index contributed by atoms with van der Waals surface area (Å²) in [7, 11) is 0. The first-order valence-corrected chi connectivity index (χ1v) is 28.3. The highest BCUT2D eigenvalue weighted by Crippen LogP contribution is 2.50. The molecule has 16 nitrogen and oxygen atoms in total. The third-order valence-electron chi connectivity index (χ3n) is 18.3. The summed E-state index contributed by atoms with van der Waals surface area (Å²) >= 11 is 0. The lowest BCUT2D eigenvalue weighted by atomic mass is 9.89. The molecule has 6 aliphatic rings. The maximum absolute atomic E-state index is 17.0. The molecule has 2 saturated carbocycles. The van der Waals surface area contributed by atoms with Gasteiger partial charge < -0.3 is 50.4 Å². The Labute approximate surface area is 454 Å². The van der Waals surface area contributed by atoms with Crippen LogP contribution in [0.25, 0.3) is 22.1 Å². The van der Waals surface area contributed by atoms with Gasteiger partial charge in [-0.15, -0.1) is 0 Å². The zero-order valence-corrected chi connectivity index (χ0v) is 43.9. The van der Waals surface area contributed by atoms with Crippen molar-refractivity contribution in [3.05, 3.63) is 118 Å². The van der Waals surface area contributed by atoms with Gasteiger partial charge in [-0.3, -0.25) is 9.59 Å². The predicted octanol–water partition coefficient (Wildman–Crippen LogP) is 11.4. The third kappa shape index (κ3) is 10.1. The van der Waals surface area contributed by atoms with Crippen molar-refractivity contribution >= 4 is 57.4 Å². The number of anilines is 2. The highest BCUT2D eigenvalue weighted by molar-refractivity contribution is 5.87. The SMILES string of the molecule is O=C(O)NC(C(=O)N1CCCC1c1nc2cc(F)c([C@H]3CC[C@@H](c4cc5[nH]c(C6CCCN6C(=O)[C@@H](NC(=O)O)C6CCCC6)nc5cc4F)N3c3cc(F)c(N4CCC(c5ccccc5)CC4)c(F)c3)cc2[nH]1)C1CCCC1. The van der Waals surface area contributed by atoms with E-state index in [1.165, 1.54) is 29.8 Å². The zero-order chi connectivity index (χ0) is 54.6. The number of carboxylic acid groups (broad SMARTS) is 2. The second-order valence-corrected chi connectivity index (χ2v) is 22.8. The van der Waals surface area contributed by atoms with Crippen molar-refractivity contribution in [3.63, 3.8) is 0 Å². The number of hydrogen-bond acceptors (Lipinski definition) is 8. The Morgan fingerprint density at radius 1 is 0.532 bits per heavy atom. The van der Waals surface area contributed by atoms with Crippen molar-refractivity contribution in [1.29, 1.82) is 0 Å². The maximum atomic E-state index is 17.0. The van der Waals surface area contributed by atoms with Crippen molar-refractivity contribution in [3.8, 4) is 0 Å². The van der Waals surface area contributed by atoms with E-state index in [-0.39, 0.29) is 64.9 Å². The van der Waals surface area contributed by atoms with Crippen LogP contribution in [0.3, 0.4) is 0 Å². The average Bonchev–Trinajstić information content (AvgIpc) is 4.43. The Morgan fingerprint density at radius 2 is 0.987 bits per heavy atom. The standard InChI is InChI=1S/C59H66F4N10O6/c60-39-30-45-43(64-54(66-45)49-16-8-22-71(49)56(74)51(68-58(76)77)34-12-4-5-13-34)28-37(39)47-18-19-48(73(47)36-26-41(62)53(42(63)27-36)70-24-20-33(21-25-70)32-10-2-1-3-11-32)38-29-44-46(31-40(38)61)67-55(65-44)50-17-9-23-72(50)57(75)52(69-59(78)79)35-14-6-7-15-35/h1-3,10-11,26-31,33-35,47-52,68-69H,4-9,12-25H2,(H,64,66)(H,65,67)(H,76,77)(H,78,79)/t47-,48+,49?,50?,51-,52?/m0/s1. The minimum atomic E-state index is -1.27. The number of benzene rings is 4. The first-order chi connectivity index (χ1) is 38.3. The fraction of sp³-hybridized carbons (Fsp3) is 0.492. The lowest BCUT2D eigenvalue weighted by Crippen LogP contribution is -2.51. The highest BCUT2D eigenvalue weighted by atomic mass is 19.1. The van der Waals surface area contributed by atoms with Crippen LogP contribution >= 0.6 is 0 Å². The lowest BCUT2D eigenvalue weighted by Gasteiger charge is -2.36. The molecule has 79 heavy (non-hydrogen) atoms. The van der Waals surface area contributed by atoms with Gasteiger partial charge in [0.15, 0.2) is 11.6 Å². The molecule has 416 valence electrons. The van der Waals surface area contributed by atoms with Crippen molar-refractivity contribution in [1.82, 2.24) is 40.4 Å². The number of aromatic amines is 2. The summed E-state index contributed by atoms with van der Waals surface area (Å²) in [5.41, 5.74) is 3.02. The fourth-order valence-corrected chi connectivity index (χ4v) is 14.5. The predicted molar refractivity (Wildman–Crippen MR) is 287 cm³/mol. The first-order valence-electron chi connectivity index (χ1n) is 28.3. The quantitative estimate of drug-likeness (QED) is 0.0604. The summed E-state index contributed by atoms with van der Waals surface area (Å²) < 4.78 is 67.8. The molecule has 12 rings (SSSR count). The van der Waals surface area contributed by atoms with Crippen molar-refractivity contribution < 1.29 is 47.0 Å². The number of hydrogen-bond donors (Lipinski definition) is 6. The van der Waals surface area contributed by atoms with Gasteiger partial charge in [0.05, 0.1) is 46.2 Å². The number of imidazole rings is 2. The number of piperidine rings is 1. The van der Waals surface area contributed by atoms with E-state index in [0.29, 0.717) is 98.4 Å². The molecular weight excluding hydrogens is 1020 g/mol. The Morgan fingerprint density at radius 3 is 1.43 bits per heavy atom. The van der Waals surface area contributed by atoms with Crippen molar-refractivity contribution in [2.24, 2.45) is 11.8 Å². The Kier molecular flexibility index (Phi) is 14.4. The van der Waals surface area contributed by atoms with Crippen LogP contribution in [-0.4, -0.2) is 102 Å². The molecule has 6 heterocycles. The first kappa shape index (κ1) is 52.3. The number of halogens is 4. The molecule has 4 aromatic carbocycles. The Balaban J connectivity index is 0.877. The van der Waals surface area contributed by atoms with Gasteiger partial charge in [0.25, 0.3) is 0 Å². The van der Waals surface area contributed by atoms with Gasteiger partial charge in [-0.05, 0) is 125 Å². The van der Waals surface area contributed by atoms with Crippen LogP contribution in [0.15, 0.2) is 66.7 Å². The summed E-state index contributed by atoms with van der Waals surface area (Å²) in [6.45, 7) is 1.65. The van der Waals surface area contributed by atoms with Gasteiger partial charge in [-0.25, -0.2) is 37.1 Å². The molecule has 20 heteroatoms. The van der Waals surface area contributed by atoms with Crippen LogP contribution in [0.1, 0.15) is 161 Å². The normalized spacial score (nSPS) is 23.1. The molecule has 3 unspecified atom stereocenters. The minimum Gasteiger partial charge on any atom is -0.465 e. The van der Waals surface area contributed by atoms with Gasteiger partial charge in [0.1, 0.15) is 41.1 Å². The van der Waals surface area contributed by atoms with E-state index in [2.05, 4.69) is 32.7 Å². The molecule has 2 aliphatic carbocycles. The second kappa shape index (κ2) is 21.7. The summed E-state index contributed by atoms with van der Waals surface area (Å²) in [5, 5.41) is 24.4. The number of rotatable bonds is 13. The van der Waals surface area contributed by atoms with E-state index in [9.17, 15) is 29.4 Å². The number of carbonyl (C=O) groups excluding carboxylic acids is 2. The molecule has 0 radical (unpaired) electrons. The average molecular weight is 1090 g/mol. The smallest absolute Gasteiger partial charge is 0.405 e. The molecular formula is C59H66F4N10O6. The number of nitrogens with zero attached hydrogens (tertiary/aromatic N) is 6. The van der Waals surface area contributed by atoms with E-state index in [4.69, 9.17) is 9.97 Å². The molecule has 0 bridgehead atoms. The maximum Gasteiger partial charge on any atom is 0.405 e. The van der Waals surface area contributed by atoms with E-state index < -0.39 is 71.7 Å². The largest absolute Gasteiger partial charge is 0.465 e. The fourth-order valence-electron chi connectivity index (χ4n) is 14.5. The van der Waals surface area contributed by atoms with E-state index in [1.807, 2.05) is 18.2 Å². The van der Waals surface area contributed by atoms with Gasteiger partial charge in [-0.2, -0.15) is 0 Å². The van der Waals surface area contributed by atoms with Gasteiger partial charge in [0, 0.05) is 55.1 Å². The number of aromatic nitrogens is 4. The summed E-state index contributed by atoms with van der Waals surface area (Å²) in [6, 6.07) is 13.9. The van der Waals surface area contributed by atoms with Crippen LogP contribution in [0.4, 0.5) is 38.5 Å². The third-order valence-corrected chi connectivity index (χ3v) is 18.3. The number of H-pyrrole nitrogens is 2. The number of amides is 4. The monoisotopic (exact) mass is 1090 g/mol. The zero-order valence-electron chi connectivity index (χ0n) is 43.9. The minimum absolute atomic E-state index is 0.0961. The molecule has 0 spiro atoms. The summed E-state index contributed by atoms with van der Waals surface area (Å²) in [4.78, 5) is 75.1. The van der Waals surface area contributed by atoms with Gasteiger partial charge >= 0.3 is 12.2 Å². The summed E-state index contributed by atoms with van der Waals surface area (Å²) in [6.07, 6.45) is 8.41. The van der Waals surface area contributed by atoms with E-state index >= 15 is 17.6 Å². The van der Waals surface area contributed by atoms with Crippen LogP contribution in [-0.2, 0) is 9.59 Å². The molecule has 6 atom stereocenters. The number of nitrogens with one attached hydrogen (secondary N) is 4. The lowest BCUT2D eigenvalue weighted by molar-refractivity contribution is -0.136. The van der Waals surface area contributed by atoms with Crippen LogP contribution in [0.5, 0.6) is 0 Å². The van der Waals surface area contributed by atoms with E-state index in [1.54, 1.807) is 31.7 Å². The molecule has 4 aliphatic heterocycles. The summed E-state index contributed by atoms with van der Waals surface area (Å²) in [5.74, 6) is -2.64. The number of carbonyl (C=O) groups is 4. The number of likely N-dealkylation sites (tertiary alicyclic amines) is 2. The van der Waals surface area contributed by atoms with Crippen LogP contribution in [0, 0.1) is 35.1 Å². The highest BCUT2D eigenvalue weighted by Gasteiger charge is 2.44. The van der Waals surface area contributed by atoms with E-state index in [0.717, 1.165) is 51.4 Å². The number of fused-ring (bicyclic) bond motifs is 2. The van der Waals surface area contributed by atoms with Gasteiger partial charge in [0.2, 0.25) is 11.8 Å². The topological polar surface area (TPSA) is 203 Å². The molecule has 6 fully saturated rings. The molecule has 4 saturated heterocycles. The Hall–Kier alpha value is -7.38. The molecule has 6 aromatic rings. The molecule has 4 amide bonds. The molecule has 6 N–H and O–H groups in total. The second-order valence-electron chi connectivity index (χ2n) is 22.8. The van der Waals surface area contributed by atoms with Crippen LogP contribution < -0.4 is 20.4 Å². The van der Waals surface area contributed by atoms with Crippen molar-refractivity contribution in [2.75, 3.05) is 36.0 Å². The van der Waals surface area contributed by atoms with Crippen molar-refractivity contribution in [2.45, 2.75) is 145 Å². The molecule has 2 aromatic heterocycles. The van der Waals surface area contributed by atoms with Crippen LogP contribution in [0.2, 0.25) is 0 Å².